The molecule has 0 bridgehead atoms. The number of nitrogens with one attached hydrogen (secondary N) is 1. The van der Waals surface area contributed by atoms with E-state index in [1.54, 1.807) is 0 Å². The zero-order valence-electron chi connectivity index (χ0n) is 9.01. The van der Waals surface area contributed by atoms with Gasteiger partial charge in [-0.25, -0.2) is 5.43 Å². The lowest BCUT2D eigenvalue weighted by atomic mass is 10.3. The second-order valence-corrected chi connectivity index (χ2v) is 3.72. The van der Waals surface area contributed by atoms with E-state index in [9.17, 15) is 14.9 Å². The molecular weight excluding hydrogens is 226 g/mol. The molecule has 0 unspecified atom stereocenters. The number of nitrogens with zero attached hydrogens (tertiary/aromatic N) is 2. The molecule has 1 fully saturated rings. The first kappa shape index (κ1) is 11.3. The van der Waals surface area contributed by atoms with Crippen LogP contribution in [0.2, 0.25) is 0 Å². The van der Waals surface area contributed by atoms with Crippen molar-refractivity contribution < 1.29 is 14.1 Å². The molecule has 0 aliphatic heterocycles. The van der Waals surface area contributed by atoms with Crippen LogP contribution in [0, 0.1) is 10.1 Å². The Balaban J connectivity index is 1.99. The largest absolute Gasteiger partial charge is 0.433 e. The highest BCUT2D eigenvalue weighted by Crippen LogP contribution is 2.16. The third kappa shape index (κ3) is 2.68. The standard InChI is InChI=1S/C10H11N3O4/c14-10(12-11-7-3-1-2-4-7)8-5-6-9(17-8)13(15)16/h5-6H,1-4H2,(H,12,14). The van der Waals surface area contributed by atoms with Crippen LogP contribution in [0.25, 0.3) is 0 Å². The van der Waals surface area contributed by atoms with Gasteiger partial charge in [0.05, 0.1) is 6.07 Å². The van der Waals surface area contributed by atoms with E-state index in [-0.39, 0.29) is 5.76 Å². The zero-order valence-corrected chi connectivity index (χ0v) is 9.01. The van der Waals surface area contributed by atoms with Crippen LogP contribution < -0.4 is 5.43 Å². The Bertz CT molecular complexity index is 470. The fraction of sp³-hybridized carbons (Fsp3) is 0.400. The average molecular weight is 237 g/mol. The van der Waals surface area contributed by atoms with Gasteiger partial charge in [-0.2, -0.15) is 5.10 Å². The van der Waals surface area contributed by atoms with Gasteiger partial charge in [-0.1, -0.05) is 0 Å². The minimum Gasteiger partial charge on any atom is -0.395 e. The predicted molar refractivity (Wildman–Crippen MR) is 58.7 cm³/mol. The maximum Gasteiger partial charge on any atom is 0.433 e. The van der Waals surface area contributed by atoms with E-state index in [1.807, 2.05) is 0 Å². The Hall–Kier alpha value is -2.18. The van der Waals surface area contributed by atoms with Gasteiger partial charge >= 0.3 is 11.8 Å². The Labute approximate surface area is 96.6 Å². The van der Waals surface area contributed by atoms with E-state index in [0.29, 0.717) is 0 Å². The lowest BCUT2D eigenvalue weighted by Gasteiger charge is -1.97. The Morgan fingerprint density at radius 3 is 2.71 bits per heavy atom. The van der Waals surface area contributed by atoms with Crippen molar-refractivity contribution in [3.8, 4) is 0 Å². The maximum absolute atomic E-state index is 11.5. The van der Waals surface area contributed by atoms with E-state index < -0.39 is 16.7 Å². The van der Waals surface area contributed by atoms with Crippen LogP contribution in [0.15, 0.2) is 21.7 Å². The highest BCUT2D eigenvalue weighted by atomic mass is 16.6. The van der Waals surface area contributed by atoms with Crippen LogP contribution in [-0.2, 0) is 0 Å². The minimum atomic E-state index is -0.695. The summed E-state index contributed by atoms with van der Waals surface area (Å²) in [6, 6.07) is 2.39. The molecule has 0 atom stereocenters. The van der Waals surface area contributed by atoms with Crippen molar-refractivity contribution in [3.63, 3.8) is 0 Å². The second kappa shape index (κ2) is 4.77. The Morgan fingerprint density at radius 2 is 2.12 bits per heavy atom. The Morgan fingerprint density at radius 1 is 1.41 bits per heavy atom. The highest BCUT2D eigenvalue weighted by molar-refractivity contribution is 5.93. The number of hydrogen-bond donors (Lipinski definition) is 1. The summed E-state index contributed by atoms with van der Waals surface area (Å²) < 4.78 is 4.74. The molecule has 0 saturated heterocycles. The topological polar surface area (TPSA) is 97.7 Å². The van der Waals surface area contributed by atoms with Crippen molar-refractivity contribution in [3.05, 3.63) is 28.0 Å². The smallest absolute Gasteiger partial charge is 0.395 e. The summed E-state index contributed by atoms with van der Waals surface area (Å²) in [7, 11) is 0. The van der Waals surface area contributed by atoms with Crippen LogP contribution in [-0.4, -0.2) is 16.5 Å². The molecule has 0 spiro atoms. The molecule has 1 amide bonds. The van der Waals surface area contributed by atoms with Crippen molar-refractivity contribution in [1.29, 1.82) is 0 Å². The van der Waals surface area contributed by atoms with Crippen LogP contribution in [0.4, 0.5) is 5.88 Å². The van der Waals surface area contributed by atoms with Crippen molar-refractivity contribution in [2.45, 2.75) is 25.7 Å². The van der Waals surface area contributed by atoms with Crippen LogP contribution in [0.3, 0.4) is 0 Å². The van der Waals surface area contributed by atoms with Crippen LogP contribution in [0.5, 0.6) is 0 Å². The van der Waals surface area contributed by atoms with Gasteiger partial charge in [-0.3, -0.25) is 14.9 Å². The van der Waals surface area contributed by atoms with Gasteiger partial charge in [-0.05, 0) is 31.7 Å². The van der Waals surface area contributed by atoms with Gasteiger partial charge in [0.2, 0.25) is 5.76 Å². The molecule has 1 N–H and O–H groups in total. The normalized spacial score (nSPS) is 14.7. The van der Waals surface area contributed by atoms with E-state index in [1.165, 1.54) is 6.07 Å². The fourth-order valence-corrected chi connectivity index (χ4v) is 1.63. The molecule has 0 radical (unpaired) electrons. The first-order chi connectivity index (χ1) is 8.16. The molecule has 1 aliphatic carbocycles. The number of carbonyl (C=O) groups is 1. The van der Waals surface area contributed by atoms with Crippen LogP contribution >= 0.6 is 0 Å². The van der Waals surface area contributed by atoms with Crippen molar-refractivity contribution in [2.24, 2.45) is 5.10 Å². The third-order valence-electron chi connectivity index (χ3n) is 2.49. The minimum absolute atomic E-state index is 0.112. The summed E-state index contributed by atoms with van der Waals surface area (Å²) in [6.45, 7) is 0. The van der Waals surface area contributed by atoms with Gasteiger partial charge in [-0.15, -0.1) is 0 Å². The predicted octanol–water partition coefficient (Wildman–Crippen LogP) is 1.85. The highest BCUT2D eigenvalue weighted by Gasteiger charge is 2.17. The molecule has 1 aliphatic rings. The number of hydrazone groups is 1. The summed E-state index contributed by atoms with van der Waals surface area (Å²) in [5.41, 5.74) is 3.27. The van der Waals surface area contributed by atoms with E-state index in [0.717, 1.165) is 37.5 Å². The SMILES string of the molecule is O=C(NN=C1CCCC1)c1ccc([N+](=O)[O-])o1. The molecule has 1 aromatic rings. The monoisotopic (exact) mass is 237 g/mol. The molecular formula is C10H11N3O4. The number of rotatable bonds is 3. The summed E-state index contributed by atoms with van der Waals surface area (Å²) in [4.78, 5) is 21.2. The molecule has 17 heavy (non-hydrogen) atoms. The number of carbonyl (C=O) groups excluding carboxylic acids is 1. The molecule has 1 saturated carbocycles. The molecule has 7 heteroatoms. The molecule has 7 nitrogen and oxygen atoms in total. The quantitative estimate of drug-likeness (QED) is 0.640. The van der Waals surface area contributed by atoms with Gasteiger partial charge in [0.1, 0.15) is 4.92 Å². The first-order valence-electron chi connectivity index (χ1n) is 5.27. The Kier molecular flexibility index (Phi) is 3.17. The number of nitro groups is 1. The van der Waals surface area contributed by atoms with Crippen molar-refractivity contribution in [2.75, 3.05) is 0 Å². The fourth-order valence-electron chi connectivity index (χ4n) is 1.63. The number of amides is 1. The summed E-state index contributed by atoms with van der Waals surface area (Å²) in [5, 5.41) is 14.3. The first-order valence-corrected chi connectivity index (χ1v) is 5.27. The summed E-state index contributed by atoms with van der Waals surface area (Å²) in [6.07, 6.45) is 3.94. The number of furan rings is 1. The molecule has 2 rings (SSSR count). The maximum atomic E-state index is 11.5. The summed E-state index contributed by atoms with van der Waals surface area (Å²) >= 11 is 0. The van der Waals surface area contributed by atoms with Crippen LogP contribution in [0.1, 0.15) is 36.2 Å². The van der Waals surface area contributed by atoms with Crippen molar-refractivity contribution in [1.82, 2.24) is 5.43 Å². The third-order valence-corrected chi connectivity index (χ3v) is 2.49. The molecule has 1 heterocycles. The molecule has 0 aromatic carbocycles. The van der Waals surface area contributed by atoms with Gasteiger partial charge in [0.25, 0.3) is 0 Å². The number of hydrogen-bond acceptors (Lipinski definition) is 5. The lowest BCUT2D eigenvalue weighted by molar-refractivity contribution is -0.402. The van der Waals surface area contributed by atoms with Gasteiger partial charge in [0, 0.05) is 5.71 Å². The average Bonchev–Trinajstić information content (AvgIpc) is 2.96. The molecule has 90 valence electrons. The van der Waals surface area contributed by atoms with E-state index >= 15 is 0 Å². The summed E-state index contributed by atoms with van der Waals surface area (Å²) in [5.74, 6) is -1.14. The van der Waals surface area contributed by atoms with E-state index in [4.69, 9.17) is 4.42 Å². The lowest BCUT2D eigenvalue weighted by Crippen LogP contribution is -2.18. The van der Waals surface area contributed by atoms with Gasteiger partial charge in [0.15, 0.2) is 0 Å². The second-order valence-electron chi connectivity index (χ2n) is 3.72. The zero-order chi connectivity index (χ0) is 12.3. The van der Waals surface area contributed by atoms with Gasteiger partial charge < -0.3 is 4.42 Å². The molecule has 1 aromatic heterocycles. The van der Waals surface area contributed by atoms with Crippen molar-refractivity contribution >= 4 is 17.5 Å². The van der Waals surface area contributed by atoms with E-state index in [2.05, 4.69) is 10.5 Å².